The zero-order chi connectivity index (χ0) is 13.2. The summed E-state index contributed by atoms with van der Waals surface area (Å²) in [6, 6.07) is 0.840. The summed E-state index contributed by atoms with van der Waals surface area (Å²) in [4.78, 5) is 12.3. The molecular formula is C10H12Cl2N2O3. The monoisotopic (exact) mass is 278 g/mol. The van der Waals surface area contributed by atoms with E-state index in [2.05, 4.69) is 0 Å². The van der Waals surface area contributed by atoms with Crippen molar-refractivity contribution in [1.82, 2.24) is 0 Å². The number of ether oxygens (including phenoxy) is 2. The highest BCUT2D eigenvalue weighted by molar-refractivity contribution is 6.41. The molecule has 0 spiro atoms. The number of nitrogens with two attached hydrogens (primary N) is 1. The Morgan fingerprint density at radius 3 is 1.94 bits per heavy atom. The van der Waals surface area contributed by atoms with E-state index in [0.29, 0.717) is 11.5 Å². The number of carbonyl (C=O) groups is 1. The second-order valence-electron chi connectivity index (χ2n) is 3.15. The summed E-state index contributed by atoms with van der Waals surface area (Å²) in [7, 11) is 4.35. The maximum atomic E-state index is 11.2. The van der Waals surface area contributed by atoms with Crippen molar-refractivity contribution < 1.29 is 14.3 Å². The number of hydrogen-bond donors (Lipinski definition) is 1. The van der Waals surface area contributed by atoms with Gasteiger partial charge in [0.1, 0.15) is 21.5 Å². The summed E-state index contributed by atoms with van der Waals surface area (Å²) in [6.45, 7) is 0. The van der Waals surface area contributed by atoms with Gasteiger partial charge in [-0.2, -0.15) is 0 Å². The predicted octanol–water partition coefficient (Wildman–Crippen LogP) is 2.53. The van der Waals surface area contributed by atoms with Crippen molar-refractivity contribution >= 4 is 34.9 Å². The second kappa shape index (κ2) is 5.33. The lowest BCUT2D eigenvalue weighted by Crippen LogP contribution is -2.32. The molecule has 1 aromatic carbocycles. The topological polar surface area (TPSA) is 64.8 Å². The van der Waals surface area contributed by atoms with Crippen LogP contribution < -0.4 is 20.1 Å². The van der Waals surface area contributed by atoms with E-state index in [0.717, 1.165) is 4.90 Å². The van der Waals surface area contributed by atoms with Crippen molar-refractivity contribution in [2.24, 2.45) is 5.73 Å². The molecule has 1 rings (SSSR count). The highest BCUT2D eigenvalue weighted by atomic mass is 35.5. The molecule has 0 heterocycles. The summed E-state index contributed by atoms with van der Waals surface area (Å²) in [5.74, 6) is 0.687. The number of nitrogens with zero attached hydrogens (tertiary/aromatic N) is 1. The van der Waals surface area contributed by atoms with Crippen LogP contribution in [0.2, 0.25) is 10.0 Å². The Morgan fingerprint density at radius 1 is 1.24 bits per heavy atom. The van der Waals surface area contributed by atoms with Crippen LogP contribution in [0.1, 0.15) is 0 Å². The van der Waals surface area contributed by atoms with Crippen molar-refractivity contribution in [2.75, 3.05) is 26.2 Å². The molecule has 0 bridgehead atoms. The molecule has 1 aromatic rings. The van der Waals surface area contributed by atoms with Crippen molar-refractivity contribution in [1.29, 1.82) is 0 Å². The molecule has 2 amide bonds. The minimum atomic E-state index is -0.691. The molecule has 0 unspecified atom stereocenters. The first kappa shape index (κ1) is 13.7. The van der Waals surface area contributed by atoms with Crippen molar-refractivity contribution in [3.05, 3.63) is 16.1 Å². The molecule has 0 aliphatic rings. The third-order valence-corrected chi connectivity index (χ3v) is 2.95. The quantitative estimate of drug-likeness (QED) is 0.924. The van der Waals surface area contributed by atoms with Gasteiger partial charge in [-0.1, -0.05) is 23.2 Å². The van der Waals surface area contributed by atoms with Gasteiger partial charge in [0.05, 0.1) is 19.9 Å². The third-order valence-electron chi connectivity index (χ3n) is 2.22. The number of urea groups is 1. The number of anilines is 1. The van der Waals surface area contributed by atoms with Crippen LogP contribution in [0, 0.1) is 0 Å². The molecular weight excluding hydrogens is 267 g/mol. The normalized spacial score (nSPS) is 9.94. The van der Waals surface area contributed by atoms with Crippen LogP contribution in [-0.4, -0.2) is 27.3 Å². The minimum Gasteiger partial charge on any atom is -0.495 e. The highest BCUT2D eigenvalue weighted by Crippen LogP contribution is 2.45. The van der Waals surface area contributed by atoms with E-state index in [4.69, 9.17) is 38.4 Å². The van der Waals surface area contributed by atoms with Crippen molar-refractivity contribution in [2.45, 2.75) is 0 Å². The molecule has 0 fully saturated rings. The van der Waals surface area contributed by atoms with Crippen LogP contribution in [0.25, 0.3) is 0 Å². The van der Waals surface area contributed by atoms with Crippen LogP contribution in [-0.2, 0) is 0 Å². The zero-order valence-corrected chi connectivity index (χ0v) is 11.1. The van der Waals surface area contributed by atoms with Gasteiger partial charge in [0, 0.05) is 13.1 Å². The van der Waals surface area contributed by atoms with Crippen LogP contribution in [0.3, 0.4) is 0 Å². The van der Waals surface area contributed by atoms with Gasteiger partial charge in [-0.3, -0.25) is 4.90 Å². The van der Waals surface area contributed by atoms with Gasteiger partial charge in [-0.15, -0.1) is 0 Å². The number of halogens is 2. The van der Waals surface area contributed by atoms with Crippen molar-refractivity contribution in [3.8, 4) is 11.5 Å². The maximum Gasteiger partial charge on any atom is 0.319 e. The Labute approximate surface area is 109 Å². The van der Waals surface area contributed by atoms with Crippen molar-refractivity contribution in [3.63, 3.8) is 0 Å². The number of benzene rings is 1. The van der Waals surface area contributed by atoms with E-state index in [-0.39, 0.29) is 15.7 Å². The summed E-state index contributed by atoms with van der Waals surface area (Å²) in [5.41, 5.74) is 5.42. The Balaban J connectivity index is 3.50. The first-order valence-corrected chi connectivity index (χ1v) is 5.32. The summed E-state index contributed by atoms with van der Waals surface area (Å²) in [6.07, 6.45) is 0. The third kappa shape index (κ3) is 2.50. The van der Waals surface area contributed by atoms with E-state index >= 15 is 0 Å². The largest absolute Gasteiger partial charge is 0.495 e. The Bertz CT molecular complexity index is 423. The maximum absolute atomic E-state index is 11.2. The Kier molecular flexibility index (Phi) is 4.31. The molecule has 0 aromatic heterocycles. The molecule has 0 saturated carbocycles. The number of primary amides is 1. The molecule has 0 aliphatic carbocycles. The van der Waals surface area contributed by atoms with Gasteiger partial charge in [0.25, 0.3) is 0 Å². The second-order valence-corrected chi connectivity index (χ2v) is 3.91. The number of hydrogen-bond acceptors (Lipinski definition) is 3. The number of carbonyl (C=O) groups excluding carboxylic acids is 1. The van der Waals surface area contributed by atoms with Gasteiger partial charge in [0.2, 0.25) is 0 Å². The zero-order valence-electron chi connectivity index (χ0n) is 9.58. The Hall–Kier alpha value is -1.33. The molecule has 0 aliphatic heterocycles. The lowest BCUT2D eigenvalue weighted by atomic mass is 10.2. The van der Waals surface area contributed by atoms with Gasteiger partial charge in [0.15, 0.2) is 0 Å². The van der Waals surface area contributed by atoms with E-state index in [9.17, 15) is 4.79 Å². The Morgan fingerprint density at radius 2 is 1.65 bits per heavy atom. The van der Waals surface area contributed by atoms with Gasteiger partial charge in [-0.05, 0) is 0 Å². The molecule has 94 valence electrons. The smallest absolute Gasteiger partial charge is 0.319 e. The fourth-order valence-electron chi connectivity index (χ4n) is 1.28. The van der Waals surface area contributed by atoms with Crippen LogP contribution in [0.4, 0.5) is 10.5 Å². The SMILES string of the molecule is COc1cc(OC)c(Cl)c(N(C)C(N)=O)c1Cl. The molecule has 2 N–H and O–H groups in total. The van der Waals surface area contributed by atoms with Crippen LogP contribution in [0.5, 0.6) is 11.5 Å². The minimum absolute atomic E-state index is 0.194. The first-order chi connectivity index (χ1) is 7.93. The van der Waals surface area contributed by atoms with E-state index < -0.39 is 6.03 Å². The predicted molar refractivity (Wildman–Crippen MR) is 67.6 cm³/mol. The van der Waals surface area contributed by atoms with Crippen LogP contribution >= 0.6 is 23.2 Å². The fourth-order valence-corrected chi connectivity index (χ4v) is 2.03. The number of amides is 2. The van der Waals surface area contributed by atoms with E-state index in [1.807, 2.05) is 0 Å². The van der Waals surface area contributed by atoms with E-state index in [1.165, 1.54) is 27.3 Å². The first-order valence-electron chi connectivity index (χ1n) is 4.57. The molecule has 0 radical (unpaired) electrons. The molecule has 5 nitrogen and oxygen atoms in total. The molecule has 7 heteroatoms. The fraction of sp³-hybridized carbons (Fsp3) is 0.300. The average molecular weight is 279 g/mol. The van der Waals surface area contributed by atoms with E-state index in [1.54, 1.807) is 0 Å². The molecule has 0 saturated heterocycles. The lowest BCUT2D eigenvalue weighted by Gasteiger charge is -2.20. The lowest BCUT2D eigenvalue weighted by molar-refractivity contribution is 0.255. The van der Waals surface area contributed by atoms with Crippen LogP contribution in [0.15, 0.2) is 6.07 Å². The average Bonchev–Trinajstić information content (AvgIpc) is 2.29. The highest BCUT2D eigenvalue weighted by Gasteiger charge is 2.22. The molecule has 0 atom stereocenters. The summed E-state index contributed by atoms with van der Waals surface area (Å²) >= 11 is 12.1. The number of methoxy groups -OCH3 is 2. The summed E-state index contributed by atoms with van der Waals surface area (Å²) < 4.78 is 10.1. The van der Waals surface area contributed by atoms with Gasteiger partial charge in [-0.25, -0.2) is 4.79 Å². The van der Waals surface area contributed by atoms with Gasteiger partial charge >= 0.3 is 6.03 Å². The van der Waals surface area contributed by atoms with Gasteiger partial charge < -0.3 is 15.2 Å². The number of rotatable bonds is 3. The summed E-state index contributed by atoms with van der Waals surface area (Å²) in [5, 5.41) is 0.388. The molecule has 17 heavy (non-hydrogen) atoms. The standard InChI is InChI=1S/C10H12Cl2N2O3/c1-14(10(13)15)9-7(11)5(16-2)4-6(17-3)8(9)12/h4H,1-3H3,(H2,13,15).